The predicted molar refractivity (Wildman–Crippen MR) is 65.0 cm³/mol. The third-order valence-corrected chi connectivity index (χ3v) is 2.87. The summed E-state index contributed by atoms with van der Waals surface area (Å²) in [6, 6.07) is 4.66. The summed E-state index contributed by atoms with van der Waals surface area (Å²) in [5.74, 6) is 0.256. The van der Waals surface area contributed by atoms with Gasteiger partial charge in [-0.25, -0.2) is 4.39 Å². The molecule has 0 N–H and O–H groups in total. The lowest BCUT2D eigenvalue weighted by atomic mass is 10.1. The maximum absolute atomic E-state index is 13.1. The van der Waals surface area contributed by atoms with Crippen molar-refractivity contribution in [3.63, 3.8) is 0 Å². The molecule has 0 aliphatic heterocycles. The van der Waals surface area contributed by atoms with Crippen molar-refractivity contribution >= 4 is 22.0 Å². The zero-order valence-electron chi connectivity index (χ0n) is 9.05. The molecule has 0 saturated heterocycles. The molecule has 0 saturated carbocycles. The zero-order valence-corrected chi connectivity index (χ0v) is 10.6. The largest absolute Gasteiger partial charge is 0.497 e. The number of methoxy groups -OCH3 is 1. The second-order valence-electron chi connectivity index (χ2n) is 3.43. The van der Waals surface area contributed by atoms with Crippen LogP contribution in [-0.4, -0.2) is 11.9 Å². The minimum Gasteiger partial charge on any atom is -0.497 e. The Morgan fingerprint density at radius 1 is 1.47 bits per heavy atom. The van der Waals surface area contributed by atoms with E-state index in [1.165, 1.54) is 19.2 Å². The number of ether oxygens (including phenoxy) is 1. The van der Waals surface area contributed by atoms with Crippen LogP contribution in [0.2, 0.25) is 0 Å². The van der Waals surface area contributed by atoms with Crippen LogP contribution in [0.25, 0.3) is 6.08 Å². The highest BCUT2D eigenvalue weighted by molar-refractivity contribution is 9.09. The van der Waals surface area contributed by atoms with Crippen LogP contribution in [0, 0.1) is 5.82 Å². The molecule has 82 valence electrons. The number of hydrogen-bond donors (Lipinski definition) is 0. The van der Waals surface area contributed by atoms with Crippen LogP contribution >= 0.6 is 15.9 Å². The fourth-order valence-corrected chi connectivity index (χ4v) is 1.30. The van der Waals surface area contributed by atoms with E-state index in [2.05, 4.69) is 15.9 Å². The first-order valence-corrected chi connectivity index (χ1v) is 5.61. The van der Waals surface area contributed by atoms with Crippen molar-refractivity contribution in [2.75, 3.05) is 7.11 Å². The van der Waals surface area contributed by atoms with Crippen LogP contribution in [-0.2, 0) is 0 Å². The van der Waals surface area contributed by atoms with Gasteiger partial charge in [-0.05, 0) is 31.5 Å². The average molecular weight is 273 g/mol. The monoisotopic (exact) mass is 272 g/mol. The van der Waals surface area contributed by atoms with Crippen molar-refractivity contribution in [3.05, 3.63) is 35.2 Å². The second kappa shape index (κ2) is 5.31. The molecule has 1 atom stereocenters. The van der Waals surface area contributed by atoms with E-state index in [1.54, 1.807) is 0 Å². The van der Waals surface area contributed by atoms with E-state index in [0.717, 1.165) is 11.1 Å². The molecule has 0 spiro atoms. The normalized spacial score (nSPS) is 13.8. The number of rotatable bonds is 3. The van der Waals surface area contributed by atoms with Gasteiger partial charge in [0.25, 0.3) is 0 Å². The molecular weight excluding hydrogens is 259 g/mol. The van der Waals surface area contributed by atoms with E-state index in [4.69, 9.17) is 4.74 Å². The molecular formula is C12H14BrFO. The molecule has 1 nitrogen and oxygen atoms in total. The molecule has 1 unspecified atom stereocenters. The Morgan fingerprint density at radius 3 is 2.67 bits per heavy atom. The number of benzene rings is 1. The standard InChI is InChI=1S/C12H14BrFO/c1-8(9(2)13)4-10-5-11(14)7-12(6-10)15-3/h4-7,9H,1-3H3/b8-4-. The van der Waals surface area contributed by atoms with Crippen LogP contribution in [0.3, 0.4) is 0 Å². The molecule has 1 rings (SSSR count). The van der Waals surface area contributed by atoms with Crippen LogP contribution in [0.15, 0.2) is 23.8 Å². The fourth-order valence-electron chi connectivity index (χ4n) is 1.16. The van der Waals surface area contributed by atoms with Gasteiger partial charge in [-0.15, -0.1) is 0 Å². The summed E-state index contributed by atoms with van der Waals surface area (Å²) >= 11 is 3.46. The maximum Gasteiger partial charge on any atom is 0.127 e. The van der Waals surface area contributed by atoms with Crippen molar-refractivity contribution < 1.29 is 9.13 Å². The van der Waals surface area contributed by atoms with Gasteiger partial charge < -0.3 is 4.74 Å². The smallest absolute Gasteiger partial charge is 0.127 e. The summed E-state index contributed by atoms with van der Waals surface area (Å²) in [5.41, 5.74) is 1.96. The van der Waals surface area contributed by atoms with Gasteiger partial charge in [-0.3, -0.25) is 0 Å². The highest BCUT2D eigenvalue weighted by atomic mass is 79.9. The first kappa shape index (κ1) is 12.2. The third kappa shape index (κ3) is 3.67. The quantitative estimate of drug-likeness (QED) is 0.756. The Kier molecular flexibility index (Phi) is 4.33. The highest BCUT2D eigenvalue weighted by Gasteiger charge is 2.02. The molecule has 0 aliphatic carbocycles. The van der Waals surface area contributed by atoms with Crippen molar-refractivity contribution in [1.29, 1.82) is 0 Å². The minimum atomic E-state index is -0.282. The Labute approximate surface area is 98.1 Å². The summed E-state index contributed by atoms with van der Waals surface area (Å²) in [5, 5.41) is 0. The van der Waals surface area contributed by atoms with Gasteiger partial charge in [0, 0.05) is 10.9 Å². The Hall–Kier alpha value is -0.830. The lowest BCUT2D eigenvalue weighted by Gasteiger charge is -2.05. The number of alkyl halides is 1. The van der Waals surface area contributed by atoms with Crippen LogP contribution in [0.5, 0.6) is 5.75 Å². The molecule has 0 radical (unpaired) electrons. The van der Waals surface area contributed by atoms with Gasteiger partial charge in [0.1, 0.15) is 11.6 Å². The molecule has 0 bridgehead atoms. The minimum absolute atomic E-state index is 0.282. The average Bonchev–Trinajstić information content (AvgIpc) is 2.16. The molecule has 0 fully saturated rings. The Morgan fingerprint density at radius 2 is 2.13 bits per heavy atom. The summed E-state index contributed by atoms with van der Waals surface area (Å²) in [6.07, 6.45) is 1.94. The molecule has 1 aromatic rings. The number of halogens is 2. The summed E-state index contributed by atoms with van der Waals surface area (Å²) < 4.78 is 18.1. The van der Waals surface area contributed by atoms with Crippen molar-refractivity contribution in [1.82, 2.24) is 0 Å². The maximum atomic E-state index is 13.1. The molecule has 0 heterocycles. The topological polar surface area (TPSA) is 9.23 Å². The number of allylic oxidation sites excluding steroid dienone is 1. The van der Waals surface area contributed by atoms with Crippen LogP contribution < -0.4 is 4.74 Å². The van der Waals surface area contributed by atoms with Gasteiger partial charge in [0.05, 0.1) is 7.11 Å². The summed E-state index contributed by atoms with van der Waals surface area (Å²) in [6.45, 7) is 4.03. The van der Waals surface area contributed by atoms with Crippen LogP contribution in [0.4, 0.5) is 4.39 Å². The third-order valence-electron chi connectivity index (χ3n) is 2.15. The van der Waals surface area contributed by atoms with Gasteiger partial charge >= 0.3 is 0 Å². The highest BCUT2D eigenvalue weighted by Crippen LogP contribution is 2.20. The van der Waals surface area contributed by atoms with E-state index >= 15 is 0 Å². The van der Waals surface area contributed by atoms with Gasteiger partial charge in [-0.1, -0.05) is 27.6 Å². The fraction of sp³-hybridized carbons (Fsp3) is 0.333. The molecule has 1 aromatic carbocycles. The first-order chi connectivity index (χ1) is 7.02. The second-order valence-corrected chi connectivity index (χ2v) is 4.80. The van der Waals surface area contributed by atoms with Gasteiger partial charge in [0.15, 0.2) is 0 Å². The Balaban J connectivity index is 3.04. The summed E-state index contributed by atoms with van der Waals surface area (Å²) in [7, 11) is 1.53. The molecule has 0 amide bonds. The molecule has 0 aromatic heterocycles. The molecule has 3 heteroatoms. The van der Waals surface area contributed by atoms with Crippen molar-refractivity contribution in [2.45, 2.75) is 18.7 Å². The lowest BCUT2D eigenvalue weighted by Crippen LogP contribution is -1.92. The SMILES string of the molecule is COc1cc(F)cc(/C=C(/C)C(C)Br)c1. The van der Waals surface area contributed by atoms with E-state index in [9.17, 15) is 4.39 Å². The zero-order chi connectivity index (χ0) is 11.4. The Bertz CT molecular complexity index is 372. The number of hydrogen-bond acceptors (Lipinski definition) is 1. The van der Waals surface area contributed by atoms with Gasteiger partial charge in [-0.2, -0.15) is 0 Å². The predicted octanol–water partition coefficient (Wildman–Crippen LogP) is 4.02. The van der Waals surface area contributed by atoms with E-state index < -0.39 is 0 Å². The van der Waals surface area contributed by atoms with Crippen molar-refractivity contribution in [3.8, 4) is 5.75 Å². The van der Waals surface area contributed by atoms with E-state index in [1.807, 2.05) is 26.0 Å². The molecule has 15 heavy (non-hydrogen) atoms. The first-order valence-electron chi connectivity index (χ1n) is 4.69. The summed E-state index contributed by atoms with van der Waals surface area (Å²) in [4.78, 5) is 0.284. The van der Waals surface area contributed by atoms with E-state index in [0.29, 0.717) is 5.75 Å². The molecule has 0 aliphatic rings. The lowest BCUT2D eigenvalue weighted by molar-refractivity contribution is 0.411. The van der Waals surface area contributed by atoms with Gasteiger partial charge in [0.2, 0.25) is 0 Å². The van der Waals surface area contributed by atoms with Crippen LogP contribution in [0.1, 0.15) is 19.4 Å². The van der Waals surface area contributed by atoms with Crippen molar-refractivity contribution in [2.24, 2.45) is 0 Å². The van der Waals surface area contributed by atoms with E-state index in [-0.39, 0.29) is 10.6 Å².